The lowest BCUT2D eigenvalue weighted by Gasteiger charge is -2.41. The summed E-state index contributed by atoms with van der Waals surface area (Å²) in [7, 11) is -3.18. The van der Waals surface area contributed by atoms with Crippen molar-refractivity contribution < 1.29 is 27.9 Å². The zero-order valence-corrected chi connectivity index (χ0v) is 31.6. The first-order chi connectivity index (χ1) is 23.4. The van der Waals surface area contributed by atoms with Crippen molar-refractivity contribution in [2.24, 2.45) is 11.8 Å². The number of carbonyl (C=O) groups excluding carboxylic acids is 3. The second-order valence-electron chi connectivity index (χ2n) is 13.7. The van der Waals surface area contributed by atoms with Gasteiger partial charge in [0.2, 0.25) is 15.9 Å². The molecule has 0 bridgehead atoms. The number of nitrogens with one attached hydrogen (secondary N) is 2. The van der Waals surface area contributed by atoms with Gasteiger partial charge in [0.25, 0.3) is 0 Å². The quantitative estimate of drug-likeness (QED) is 0.361. The van der Waals surface area contributed by atoms with E-state index in [0.29, 0.717) is 79.4 Å². The van der Waals surface area contributed by atoms with Crippen molar-refractivity contribution in [2.75, 3.05) is 50.8 Å². The zero-order chi connectivity index (χ0) is 34.9. The van der Waals surface area contributed by atoms with Gasteiger partial charge in [0.1, 0.15) is 11.8 Å². The number of para-hydroxylation sites is 1. The molecule has 4 aliphatic rings. The molecule has 266 valence electrons. The number of urea groups is 2. The van der Waals surface area contributed by atoms with E-state index in [1.807, 2.05) is 34.1 Å². The van der Waals surface area contributed by atoms with Crippen molar-refractivity contribution in [1.29, 1.82) is 0 Å². The van der Waals surface area contributed by atoms with Crippen molar-refractivity contribution in [1.82, 2.24) is 24.3 Å². The Morgan fingerprint density at radius 3 is 2.10 bits per heavy atom. The number of sulfonamides is 1. The van der Waals surface area contributed by atoms with E-state index in [1.165, 1.54) is 6.26 Å². The number of rotatable bonds is 7. The lowest BCUT2D eigenvalue weighted by Crippen LogP contribution is -2.57. The third kappa shape index (κ3) is 8.37. The molecule has 12 nitrogen and oxygen atoms in total. The van der Waals surface area contributed by atoms with Crippen LogP contribution in [0.4, 0.5) is 15.3 Å². The molecule has 0 aromatic heterocycles. The molecule has 4 heterocycles. The molecule has 3 N–H and O–H groups in total. The first kappa shape index (κ1) is 35.9. The molecule has 5 amide bonds. The van der Waals surface area contributed by atoms with E-state index in [2.05, 4.69) is 42.5 Å². The molecule has 0 saturated carbocycles. The summed E-state index contributed by atoms with van der Waals surface area (Å²) in [5.74, 6) is 0.789. The second-order valence-corrected chi connectivity index (χ2v) is 17.4. The Morgan fingerprint density at radius 2 is 1.49 bits per heavy atom. The van der Waals surface area contributed by atoms with Crippen molar-refractivity contribution in [2.45, 2.75) is 63.6 Å². The SMILES string of the molecule is CS(=O)(=O)N1CCC(C2CCN(C(=O)[C@H](Cc3cc(Br)c(O)c(Br)c3)NC(=O)N3CCC(N4Cc5ccccc5NC4=O)CC3)CC2)CC1. The normalized spacial score (nSPS) is 20.9. The van der Waals surface area contributed by atoms with Gasteiger partial charge in [-0.1, -0.05) is 18.2 Å². The molecule has 0 unspecified atom stereocenters. The lowest BCUT2D eigenvalue weighted by atomic mass is 9.79. The molecule has 2 aromatic rings. The molecule has 49 heavy (non-hydrogen) atoms. The van der Waals surface area contributed by atoms with Gasteiger partial charge in [-0.05, 0) is 112 Å². The van der Waals surface area contributed by atoms with Crippen LogP contribution in [0, 0.1) is 11.8 Å². The molecule has 6 rings (SSSR count). The molecule has 3 saturated heterocycles. The van der Waals surface area contributed by atoms with E-state index in [0.717, 1.165) is 42.5 Å². The number of phenolic OH excluding ortho intramolecular Hbond substituents is 1. The molecular weight excluding hydrogens is 780 g/mol. The Balaban J connectivity index is 1.08. The molecule has 0 spiro atoms. The number of fused-ring (bicyclic) bond motifs is 1. The van der Waals surface area contributed by atoms with Crippen molar-refractivity contribution in [3.8, 4) is 5.75 Å². The van der Waals surface area contributed by atoms with Gasteiger partial charge in [0.05, 0.1) is 15.2 Å². The number of piperidine rings is 3. The highest BCUT2D eigenvalue weighted by molar-refractivity contribution is 9.11. The average molecular weight is 825 g/mol. The largest absolute Gasteiger partial charge is 0.506 e. The minimum atomic E-state index is -3.18. The molecular formula is C34H44Br2N6O6S. The number of likely N-dealkylation sites (tertiary alicyclic amines) is 2. The summed E-state index contributed by atoms with van der Waals surface area (Å²) in [6.07, 6.45) is 6.13. The number of hydrogen-bond donors (Lipinski definition) is 3. The highest BCUT2D eigenvalue weighted by atomic mass is 79.9. The van der Waals surface area contributed by atoms with Crippen LogP contribution in [0.15, 0.2) is 45.3 Å². The number of phenols is 1. The van der Waals surface area contributed by atoms with Crippen LogP contribution in [0.2, 0.25) is 0 Å². The standard InChI is InChI=1S/C34H44Br2N6O6S/c1-49(47,48)41-16-8-24(9-17-41)23-6-12-39(13-7-23)32(44)30(20-22-18-27(35)31(43)28(36)19-22)38-33(45)40-14-10-26(11-15-40)42-21-25-4-2-3-5-29(25)37-34(42)46/h2-5,18-19,23-24,26,30,43H,6-17,20-21H2,1H3,(H,37,46)(H,38,45)/t30-/m0/s1. The van der Waals surface area contributed by atoms with Crippen molar-refractivity contribution in [3.63, 3.8) is 0 Å². The molecule has 3 fully saturated rings. The third-order valence-corrected chi connectivity index (χ3v) is 13.2. The van der Waals surface area contributed by atoms with Gasteiger partial charge >= 0.3 is 12.1 Å². The Labute approximate surface area is 304 Å². The smallest absolute Gasteiger partial charge is 0.322 e. The van der Waals surface area contributed by atoms with Gasteiger partial charge in [0.15, 0.2) is 0 Å². The summed E-state index contributed by atoms with van der Waals surface area (Å²) in [6.45, 7) is 3.71. The molecule has 15 heteroatoms. The number of hydrogen-bond acceptors (Lipinski definition) is 6. The van der Waals surface area contributed by atoms with Crippen LogP contribution in [0.5, 0.6) is 5.75 Å². The minimum absolute atomic E-state index is 0.00133. The second kappa shape index (κ2) is 15.2. The molecule has 0 radical (unpaired) electrons. The van der Waals surface area contributed by atoms with Crippen LogP contribution in [0.3, 0.4) is 0 Å². The summed E-state index contributed by atoms with van der Waals surface area (Å²) in [6, 6.07) is 10.1. The monoisotopic (exact) mass is 822 g/mol. The summed E-state index contributed by atoms with van der Waals surface area (Å²) < 4.78 is 26.5. The first-order valence-electron chi connectivity index (χ1n) is 17.0. The number of halogens is 2. The number of amides is 5. The van der Waals surface area contributed by atoms with E-state index in [9.17, 15) is 27.9 Å². The highest BCUT2D eigenvalue weighted by Crippen LogP contribution is 2.35. The van der Waals surface area contributed by atoms with Crippen LogP contribution in [-0.4, -0.2) is 108 Å². The third-order valence-electron chi connectivity index (χ3n) is 10.7. The minimum Gasteiger partial charge on any atom is -0.506 e. The van der Waals surface area contributed by atoms with Crippen LogP contribution < -0.4 is 10.6 Å². The Kier molecular flexibility index (Phi) is 11.1. The molecule has 2 aromatic carbocycles. The van der Waals surface area contributed by atoms with Crippen molar-refractivity contribution in [3.05, 3.63) is 56.5 Å². The molecule has 0 aliphatic carbocycles. The van der Waals surface area contributed by atoms with Crippen LogP contribution >= 0.6 is 31.9 Å². The molecule has 4 aliphatic heterocycles. The maximum atomic E-state index is 14.1. The van der Waals surface area contributed by atoms with Crippen LogP contribution in [-0.2, 0) is 27.8 Å². The fourth-order valence-electron chi connectivity index (χ4n) is 7.80. The summed E-state index contributed by atoms with van der Waals surface area (Å²) in [4.78, 5) is 46.1. The number of nitrogens with zero attached hydrogens (tertiary/aromatic N) is 4. The summed E-state index contributed by atoms with van der Waals surface area (Å²) >= 11 is 6.77. The zero-order valence-electron chi connectivity index (χ0n) is 27.6. The first-order valence-corrected chi connectivity index (χ1v) is 20.4. The maximum Gasteiger partial charge on any atom is 0.322 e. The van der Waals surface area contributed by atoms with E-state index in [4.69, 9.17) is 0 Å². The number of carbonyl (C=O) groups is 3. The summed E-state index contributed by atoms with van der Waals surface area (Å²) in [5.41, 5.74) is 2.68. The predicted molar refractivity (Wildman–Crippen MR) is 194 cm³/mol. The highest BCUT2D eigenvalue weighted by Gasteiger charge is 2.37. The lowest BCUT2D eigenvalue weighted by molar-refractivity contribution is -0.135. The topological polar surface area (TPSA) is 143 Å². The summed E-state index contributed by atoms with van der Waals surface area (Å²) in [5, 5.41) is 16.3. The van der Waals surface area contributed by atoms with Gasteiger partial charge in [-0.2, -0.15) is 0 Å². The van der Waals surface area contributed by atoms with E-state index in [-0.39, 0.29) is 36.2 Å². The van der Waals surface area contributed by atoms with Gasteiger partial charge < -0.3 is 30.4 Å². The Morgan fingerprint density at radius 1 is 0.918 bits per heavy atom. The fraction of sp³-hybridized carbons (Fsp3) is 0.559. The average Bonchev–Trinajstić information content (AvgIpc) is 3.09. The Hall–Kier alpha value is -2.88. The van der Waals surface area contributed by atoms with Gasteiger partial charge in [-0.3, -0.25) is 4.79 Å². The van der Waals surface area contributed by atoms with Gasteiger partial charge in [0, 0.05) is 64.0 Å². The van der Waals surface area contributed by atoms with E-state index in [1.54, 1.807) is 21.3 Å². The van der Waals surface area contributed by atoms with Crippen LogP contribution in [0.25, 0.3) is 0 Å². The number of benzene rings is 2. The van der Waals surface area contributed by atoms with Crippen LogP contribution in [0.1, 0.15) is 49.7 Å². The van der Waals surface area contributed by atoms with Gasteiger partial charge in [-0.15, -0.1) is 0 Å². The van der Waals surface area contributed by atoms with Crippen molar-refractivity contribution >= 4 is 65.5 Å². The van der Waals surface area contributed by atoms with E-state index < -0.39 is 16.1 Å². The molecule has 1 atom stereocenters. The maximum absolute atomic E-state index is 14.1. The van der Waals surface area contributed by atoms with E-state index >= 15 is 0 Å². The number of anilines is 1. The fourth-order valence-corrected chi connectivity index (χ4v) is 9.96. The predicted octanol–water partition coefficient (Wildman–Crippen LogP) is 4.96. The van der Waals surface area contributed by atoms with Gasteiger partial charge in [-0.25, -0.2) is 22.3 Å². The Bertz CT molecular complexity index is 1650. The number of aromatic hydroxyl groups is 1.